The highest BCUT2D eigenvalue weighted by Crippen LogP contribution is 2.69. The van der Waals surface area contributed by atoms with Crippen molar-refractivity contribution >= 4 is 31.5 Å². The number of nitrogens with one attached hydrogen (secondary N) is 1. The van der Waals surface area contributed by atoms with Crippen molar-refractivity contribution in [2.24, 2.45) is 5.92 Å². The van der Waals surface area contributed by atoms with E-state index in [1.54, 1.807) is 0 Å². The Hall–Kier alpha value is -4.98. The number of aromatic nitrogens is 1. The summed E-state index contributed by atoms with van der Waals surface area (Å²) in [5, 5.41) is 10.3. The first-order chi connectivity index (χ1) is 43.0. The number of hydrogen-bond acceptors (Lipinski definition) is 5. The molecule has 0 radical (unpaired) electrons. The summed E-state index contributed by atoms with van der Waals surface area (Å²) in [7, 11) is -7.81. The van der Waals surface area contributed by atoms with Crippen LogP contribution in [-0.4, -0.2) is 180 Å². The van der Waals surface area contributed by atoms with Gasteiger partial charge >= 0.3 is 155 Å². The van der Waals surface area contributed by atoms with E-state index in [0.717, 1.165) is 13.8 Å². The molecule has 1 aromatic rings. The fourth-order valence-electron chi connectivity index (χ4n) is 7.65. The van der Waals surface area contributed by atoms with Crippen molar-refractivity contribution in [1.29, 1.82) is 0 Å². The number of carboxylic acid groups (broad SMARTS) is 1. The third kappa shape index (κ3) is 14.0. The van der Waals surface area contributed by atoms with Gasteiger partial charge in [-0.05, 0) is 12.0 Å². The number of hydrogen-bond donors (Lipinski definition) is 2. The van der Waals surface area contributed by atoms with Gasteiger partial charge in [-0.1, -0.05) is 32.0 Å². The number of ether oxygens (including phenoxy) is 1. The van der Waals surface area contributed by atoms with Gasteiger partial charge in [0.2, 0.25) is 0 Å². The molecule has 0 aromatic carbocycles. The number of carboxylic acids is 1. The number of alkyl halides is 51. The first-order valence-corrected chi connectivity index (χ1v) is 27.9. The first-order valence-electron chi connectivity index (χ1n) is 24.2. The van der Waals surface area contributed by atoms with Crippen molar-refractivity contribution in [3.63, 3.8) is 0 Å². The lowest BCUT2D eigenvalue weighted by Crippen LogP contribution is -2.74. The Morgan fingerprint density at radius 1 is 0.370 bits per heavy atom. The molecular weight excluding hydrogens is 1610 g/mol. The highest BCUT2D eigenvalue weighted by Gasteiger charge is 2.99. The van der Waals surface area contributed by atoms with Gasteiger partial charge in [0.1, 0.15) is 5.01 Å². The molecule has 0 saturated heterocycles. The van der Waals surface area contributed by atoms with Gasteiger partial charge in [-0.15, -0.1) is 11.3 Å². The fourth-order valence-corrected chi connectivity index (χ4v) is 13.2. The number of carbonyl (C=O) groups excluding carboxylic acids is 1. The molecule has 1 rings (SSSR count). The summed E-state index contributed by atoms with van der Waals surface area (Å²) in [6.07, 6.45) is -42.2. The third-order valence-corrected chi connectivity index (χ3v) is 20.2. The molecule has 1 aromatic heterocycles. The fraction of sp³-hybridized carbons (Fsp3) is 0.878. The summed E-state index contributed by atoms with van der Waals surface area (Å²) in [6, 6.07) is -17.0. The van der Waals surface area contributed by atoms with Crippen LogP contribution in [0.2, 0.25) is 24.2 Å². The van der Waals surface area contributed by atoms with Crippen molar-refractivity contribution in [3.8, 4) is 0 Å². The summed E-state index contributed by atoms with van der Waals surface area (Å²) in [6.45, 7) is -1.06. The number of rotatable bonds is 34. The van der Waals surface area contributed by atoms with Gasteiger partial charge in [-0.2, -0.15) is 224 Å². The molecule has 1 heterocycles. The van der Waals surface area contributed by atoms with Crippen LogP contribution in [0.1, 0.15) is 54.6 Å². The quantitative estimate of drug-likeness (QED) is 0.0530. The Labute approximate surface area is 520 Å². The van der Waals surface area contributed by atoms with Crippen LogP contribution in [0.15, 0.2) is 5.38 Å². The van der Waals surface area contributed by atoms with Gasteiger partial charge < -0.3 is 15.2 Å². The van der Waals surface area contributed by atoms with E-state index in [-0.39, 0.29) is 11.3 Å². The molecule has 592 valence electrons. The first kappa shape index (κ1) is 93.0. The average Bonchev–Trinajstić information content (AvgIpc) is 0.728. The number of nitrogens with zero attached hydrogens (tertiary/aromatic N) is 1. The highest BCUT2D eigenvalue weighted by molar-refractivity contribution is 7.09. The number of alkyl carbamates (subject to hydrolysis) is 1. The van der Waals surface area contributed by atoms with Crippen molar-refractivity contribution < 1.29 is 243 Å². The molecule has 0 saturated carbocycles. The lowest BCUT2D eigenvalue weighted by molar-refractivity contribution is -0.461. The van der Waals surface area contributed by atoms with Crippen LogP contribution in [0.25, 0.3) is 0 Å². The molecule has 0 spiro atoms. The van der Waals surface area contributed by atoms with E-state index in [4.69, 9.17) is 5.11 Å². The second-order valence-electron chi connectivity index (χ2n) is 21.1. The zero-order chi connectivity index (χ0) is 81.2. The predicted molar refractivity (Wildman–Crippen MR) is 222 cm³/mol. The van der Waals surface area contributed by atoms with E-state index in [1.165, 1.54) is 5.32 Å². The van der Waals surface area contributed by atoms with Crippen molar-refractivity contribution in [3.05, 3.63) is 16.1 Å². The van der Waals surface area contributed by atoms with Gasteiger partial charge in [0, 0.05) is 24.6 Å². The SMILES string of the molecule is CC(C)[C@H](NC(=O)OCC[Si](CCC(F)(F)C(F)(F)C(F)(F)C(F)(F)C(F)(F)C(F)(F)C(F)(F)C(F)(F)F)(CCC(F)(F)C(F)(F)C(F)(F)C(F)(F)C(F)(F)C(F)(F)C(F)(F)C(F)(F)F)CCC(F)(F)C(F)(F)C(F)(F)C(F)(F)C(F)(F)C(F)(F)C(F)(F)C(F)(F)F)c1nc(C(=O)O)cs1. The Bertz CT molecular complexity index is 2770. The number of aromatic carboxylic acids is 1. The van der Waals surface area contributed by atoms with Gasteiger partial charge in [0.05, 0.1) is 20.7 Å². The molecule has 1 atom stereocenters. The zero-order valence-corrected chi connectivity index (χ0v) is 48.0. The molecule has 0 unspecified atom stereocenters. The van der Waals surface area contributed by atoms with Gasteiger partial charge in [-0.3, -0.25) is 0 Å². The molecular formula is C41H27F51N2O4SSi. The zero-order valence-electron chi connectivity index (χ0n) is 46.2. The Morgan fingerprint density at radius 2 is 0.580 bits per heavy atom. The predicted octanol–water partition coefficient (Wildman–Crippen LogP) is 20.9. The average molecular weight is 1640 g/mol. The van der Waals surface area contributed by atoms with Crippen molar-refractivity contribution in [2.75, 3.05) is 6.61 Å². The molecule has 0 aliphatic carbocycles. The summed E-state index contributed by atoms with van der Waals surface area (Å²) in [5.41, 5.74) is -1.04. The Balaban J connectivity index is 4.83. The topological polar surface area (TPSA) is 88.5 Å². The molecule has 1 amide bonds. The second kappa shape index (κ2) is 26.3. The van der Waals surface area contributed by atoms with E-state index in [1.807, 2.05) is 0 Å². The molecule has 0 fully saturated rings. The lowest BCUT2D eigenvalue weighted by atomic mass is 9.88. The van der Waals surface area contributed by atoms with E-state index in [2.05, 4.69) is 9.72 Å². The maximum Gasteiger partial charge on any atom is 0.460 e. The second-order valence-corrected chi connectivity index (χ2v) is 27.0. The van der Waals surface area contributed by atoms with Gasteiger partial charge in [-0.25, -0.2) is 14.6 Å². The van der Waals surface area contributed by atoms with Crippen LogP contribution in [0.5, 0.6) is 0 Å². The summed E-state index contributed by atoms with van der Waals surface area (Å²) >= 11 is 0.114. The number of amides is 1. The Kier molecular flexibility index (Phi) is 24.4. The summed E-state index contributed by atoms with van der Waals surface area (Å²) in [5.74, 6) is -199. The van der Waals surface area contributed by atoms with E-state index in [9.17, 15) is 181 Å². The van der Waals surface area contributed by atoms with Crippen molar-refractivity contribution in [2.45, 2.75) is 206 Å². The lowest BCUT2D eigenvalue weighted by Gasteiger charge is -2.44. The Morgan fingerprint density at radius 3 is 0.770 bits per heavy atom. The van der Waals surface area contributed by atoms with Crippen LogP contribution in [0, 0.1) is 5.92 Å². The molecule has 0 aliphatic heterocycles. The normalized spacial score (nSPS) is 16.5. The minimum atomic E-state index is -9.77. The largest absolute Gasteiger partial charge is 0.476 e. The maximum absolute atomic E-state index is 15.5. The monoisotopic (exact) mass is 1640 g/mol. The number of halogens is 51. The van der Waals surface area contributed by atoms with Crippen LogP contribution < -0.4 is 5.32 Å². The van der Waals surface area contributed by atoms with E-state index >= 15 is 52.7 Å². The van der Waals surface area contributed by atoms with Crippen LogP contribution >= 0.6 is 11.3 Å². The standard InChI is InChI=1S/C41H27F51N2O4SSi/c1-12(2)14(15-93-13(11-99-15)16(95)96)94-17(97)98-6-10-100(7-3-18(42,43)21(48,49)24(54,55)27(60,61)30(66,67)33(72,73)36(78,79)39(84,85)86,8-4-19(44,45)22(50,51)25(56,57)28(62,63)31(68,69)34(74,75)37(80,81)40(87,88)89)9-5-20(46,47)23(52,53)26(58,59)29(64,65)32(70,71)35(76,77)38(82,83)41(90,91)92/h11-12,14H,3-10H2,1-2H3,(H,94,97)(H,95,96)/t14-/m0/s1. The van der Waals surface area contributed by atoms with Gasteiger partial charge in [0.15, 0.2) is 5.69 Å². The highest BCUT2D eigenvalue weighted by atomic mass is 32.1. The molecule has 100 heavy (non-hydrogen) atoms. The smallest absolute Gasteiger partial charge is 0.460 e. The van der Waals surface area contributed by atoms with E-state index in [0.29, 0.717) is 5.38 Å². The number of carbonyl (C=O) groups is 2. The number of thiazole rings is 1. The maximum atomic E-state index is 15.5. The summed E-state index contributed by atoms with van der Waals surface area (Å²) in [4.78, 5) is 27.5. The molecule has 59 heteroatoms. The van der Waals surface area contributed by atoms with Crippen LogP contribution in [-0.2, 0) is 4.74 Å². The molecule has 6 nitrogen and oxygen atoms in total. The van der Waals surface area contributed by atoms with Crippen LogP contribution in [0.4, 0.5) is 229 Å². The minimum absolute atomic E-state index is 0.114. The van der Waals surface area contributed by atoms with Crippen molar-refractivity contribution in [1.82, 2.24) is 10.3 Å². The molecule has 2 N–H and O–H groups in total. The van der Waals surface area contributed by atoms with E-state index < -0.39 is 236 Å². The summed E-state index contributed by atoms with van der Waals surface area (Å²) < 4.78 is 727. The van der Waals surface area contributed by atoms with Crippen LogP contribution in [0.3, 0.4) is 0 Å². The molecule has 0 bridgehead atoms. The molecule has 0 aliphatic rings. The van der Waals surface area contributed by atoms with Gasteiger partial charge in [0.25, 0.3) is 0 Å². The third-order valence-electron chi connectivity index (χ3n) is 14.1. The minimum Gasteiger partial charge on any atom is -0.476 e.